The molecule has 0 aliphatic heterocycles. The third-order valence-electron chi connectivity index (χ3n) is 3.99. The molecule has 4 atom stereocenters. The summed E-state index contributed by atoms with van der Waals surface area (Å²) in [5, 5.41) is 3.17. The van der Waals surface area contributed by atoms with E-state index in [0.717, 1.165) is 19.3 Å². The third kappa shape index (κ3) is 3.84. The smallest absolute Gasteiger partial charge is 0.226 e. The van der Waals surface area contributed by atoms with E-state index in [-0.39, 0.29) is 30.3 Å². The summed E-state index contributed by atoms with van der Waals surface area (Å²) in [5.41, 5.74) is 5.76. The Kier molecular flexibility index (Phi) is 6.39. The number of hydrogen-bond acceptors (Lipinski definition) is 3. The van der Waals surface area contributed by atoms with E-state index in [1.165, 1.54) is 12.8 Å². The lowest BCUT2D eigenvalue weighted by molar-refractivity contribution is -0.124. The molecule has 2 saturated carbocycles. The minimum atomic E-state index is 0. The van der Waals surface area contributed by atoms with Gasteiger partial charge in [0, 0.05) is 12.6 Å². The van der Waals surface area contributed by atoms with E-state index in [9.17, 15) is 4.79 Å². The standard InChI is InChI=1S/C13H24N2O2.ClH/c1-2-17-12-7-10(12)13(16)15-11-6-4-3-5-9(11)8-14;/h9-12H,2-8,14H2,1H3,(H,15,16);1H. The highest BCUT2D eigenvalue weighted by Crippen LogP contribution is 2.34. The van der Waals surface area contributed by atoms with Gasteiger partial charge < -0.3 is 15.8 Å². The molecule has 1 amide bonds. The van der Waals surface area contributed by atoms with Crippen molar-refractivity contribution in [3.05, 3.63) is 0 Å². The molecule has 0 aromatic heterocycles. The summed E-state index contributed by atoms with van der Waals surface area (Å²) >= 11 is 0. The maximum Gasteiger partial charge on any atom is 0.226 e. The van der Waals surface area contributed by atoms with Crippen LogP contribution >= 0.6 is 12.4 Å². The van der Waals surface area contributed by atoms with Crippen molar-refractivity contribution in [2.75, 3.05) is 13.2 Å². The number of rotatable bonds is 5. The lowest BCUT2D eigenvalue weighted by atomic mass is 9.84. The first-order valence-corrected chi connectivity index (χ1v) is 6.88. The van der Waals surface area contributed by atoms with Gasteiger partial charge in [0.15, 0.2) is 0 Å². The van der Waals surface area contributed by atoms with E-state index in [1.54, 1.807) is 0 Å². The van der Waals surface area contributed by atoms with Crippen molar-refractivity contribution in [2.24, 2.45) is 17.6 Å². The molecule has 0 aromatic rings. The molecule has 2 aliphatic carbocycles. The second kappa shape index (κ2) is 7.31. The highest BCUT2D eigenvalue weighted by Gasteiger charge is 2.44. The van der Waals surface area contributed by atoms with Gasteiger partial charge in [-0.05, 0) is 38.6 Å². The molecule has 0 heterocycles. The molecule has 2 rings (SSSR count). The van der Waals surface area contributed by atoms with Crippen molar-refractivity contribution >= 4 is 18.3 Å². The number of nitrogens with one attached hydrogen (secondary N) is 1. The zero-order valence-electron chi connectivity index (χ0n) is 11.1. The van der Waals surface area contributed by atoms with E-state index < -0.39 is 0 Å². The third-order valence-corrected chi connectivity index (χ3v) is 3.99. The van der Waals surface area contributed by atoms with E-state index in [2.05, 4.69) is 5.32 Å². The van der Waals surface area contributed by atoms with Crippen molar-refractivity contribution in [2.45, 2.75) is 51.2 Å². The minimum absolute atomic E-state index is 0. The molecule has 0 spiro atoms. The Morgan fingerprint density at radius 1 is 1.39 bits per heavy atom. The van der Waals surface area contributed by atoms with E-state index in [4.69, 9.17) is 10.5 Å². The molecule has 4 unspecified atom stereocenters. The van der Waals surface area contributed by atoms with Crippen LogP contribution in [0.25, 0.3) is 0 Å². The summed E-state index contributed by atoms with van der Waals surface area (Å²) < 4.78 is 5.44. The summed E-state index contributed by atoms with van der Waals surface area (Å²) in [6.45, 7) is 3.35. The number of carbonyl (C=O) groups excluding carboxylic acids is 1. The molecule has 2 aliphatic rings. The molecular weight excluding hydrogens is 252 g/mol. The van der Waals surface area contributed by atoms with Crippen molar-refractivity contribution in [3.63, 3.8) is 0 Å². The zero-order chi connectivity index (χ0) is 12.3. The molecule has 5 heteroatoms. The van der Waals surface area contributed by atoms with Crippen molar-refractivity contribution in [3.8, 4) is 0 Å². The van der Waals surface area contributed by atoms with Crippen LogP contribution in [-0.2, 0) is 9.53 Å². The van der Waals surface area contributed by atoms with Gasteiger partial charge in [0.05, 0.1) is 12.0 Å². The number of carbonyl (C=O) groups is 1. The Morgan fingerprint density at radius 3 is 2.78 bits per heavy atom. The Hall–Kier alpha value is -0.320. The molecule has 18 heavy (non-hydrogen) atoms. The van der Waals surface area contributed by atoms with Crippen molar-refractivity contribution in [1.82, 2.24) is 5.32 Å². The molecule has 0 aromatic carbocycles. The number of hydrogen-bond donors (Lipinski definition) is 2. The molecule has 106 valence electrons. The first-order chi connectivity index (χ1) is 8.26. The van der Waals surface area contributed by atoms with Crippen LogP contribution in [0.15, 0.2) is 0 Å². The van der Waals surface area contributed by atoms with Gasteiger partial charge in [0.25, 0.3) is 0 Å². The van der Waals surface area contributed by atoms with Gasteiger partial charge >= 0.3 is 0 Å². The van der Waals surface area contributed by atoms with Crippen LogP contribution in [-0.4, -0.2) is 31.2 Å². The van der Waals surface area contributed by atoms with Crippen LogP contribution < -0.4 is 11.1 Å². The monoisotopic (exact) mass is 276 g/mol. The number of nitrogens with two attached hydrogens (primary N) is 1. The topological polar surface area (TPSA) is 64.3 Å². The summed E-state index contributed by atoms with van der Waals surface area (Å²) in [6, 6.07) is 0.295. The molecule has 0 radical (unpaired) electrons. The van der Waals surface area contributed by atoms with Crippen LogP contribution in [0, 0.1) is 11.8 Å². The molecule has 0 bridgehead atoms. The quantitative estimate of drug-likeness (QED) is 0.799. The van der Waals surface area contributed by atoms with Gasteiger partial charge in [0.1, 0.15) is 0 Å². The van der Waals surface area contributed by atoms with Crippen LogP contribution in [0.2, 0.25) is 0 Å². The first kappa shape index (κ1) is 15.7. The summed E-state index contributed by atoms with van der Waals surface area (Å²) in [4.78, 5) is 12.0. The van der Waals surface area contributed by atoms with Crippen LogP contribution in [0.4, 0.5) is 0 Å². The predicted molar refractivity (Wildman–Crippen MR) is 73.7 cm³/mol. The Morgan fingerprint density at radius 2 is 2.11 bits per heavy atom. The number of amides is 1. The second-order valence-electron chi connectivity index (χ2n) is 5.23. The lowest BCUT2D eigenvalue weighted by Crippen LogP contribution is -2.45. The van der Waals surface area contributed by atoms with E-state index in [0.29, 0.717) is 25.1 Å². The van der Waals surface area contributed by atoms with Crippen LogP contribution in [0.5, 0.6) is 0 Å². The maximum absolute atomic E-state index is 12.0. The molecule has 3 N–H and O–H groups in total. The number of ether oxygens (including phenoxy) is 1. The molecule has 2 fully saturated rings. The van der Waals surface area contributed by atoms with Crippen molar-refractivity contribution < 1.29 is 9.53 Å². The number of halogens is 1. The van der Waals surface area contributed by atoms with Gasteiger partial charge in [-0.2, -0.15) is 0 Å². The second-order valence-corrected chi connectivity index (χ2v) is 5.23. The molecule has 4 nitrogen and oxygen atoms in total. The largest absolute Gasteiger partial charge is 0.378 e. The fraction of sp³-hybridized carbons (Fsp3) is 0.923. The normalized spacial score (nSPS) is 34.6. The lowest BCUT2D eigenvalue weighted by Gasteiger charge is -2.31. The minimum Gasteiger partial charge on any atom is -0.378 e. The zero-order valence-corrected chi connectivity index (χ0v) is 11.9. The highest BCUT2D eigenvalue weighted by molar-refractivity contribution is 5.85. The molecular formula is C13H25ClN2O2. The maximum atomic E-state index is 12.0. The Bertz CT molecular complexity index is 276. The fourth-order valence-electron chi connectivity index (χ4n) is 2.82. The van der Waals surface area contributed by atoms with Gasteiger partial charge in [-0.3, -0.25) is 4.79 Å². The Balaban J connectivity index is 0.00000162. The van der Waals surface area contributed by atoms with E-state index in [1.807, 2.05) is 6.92 Å². The van der Waals surface area contributed by atoms with Crippen molar-refractivity contribution in [1.29, 1.82) is 0 Å². The predicted octanol–water partition coefficient (Wildman–Crippen LogP) is 1.47. The highest BCUT2D eigenvalue weighted by atomic mass is 35.5. The SMILES string of the molecule is CCOC1CC1C(=O)NC1CCCCC1CN.Cl. The van der Waals surface area contributed by atoms with Gasteiger partial charge in [-0.1, -0.05) is 12.8 Å². The van der Waals surface area contributed by atoms with Gasteiger partial charge in [-0.15, -0.1) is 12.4 Å². The average molecular weight is 277 g/mol. The van der Waals surface area contributed by atoms with Crippen LogP contribution in [0.3, 0.4) is 0 Å². The molecule has 0 saturated heterocycles. The van der Waals surface area contributed by atoms with Crippen LogP contribution in [0.1, 0.15) is 39.0 Å². The summed E-state index contributed by atoms with van der Waals surface area (Å²) in [5.74, 6) is 0.737. The average Bonchev–Trinajstić information content (AvgIpc) is 3.10. The summed E-state index contributed by atoms with van der Waals surface area (Å²) in [7, 11) is 0. The van der Waals surface area contributed by atoms with Gasteiger partial charge in [-0.25, -0.2) is 0 Å². The summed E-state index contributed by atoms with van der Waals surface area (Å²) in [6.07, 6.45) is 5.75. The first-order valence-electron chi connectivity index (χ1n) is 6.88. The van der Waals surface area contributed by atoms with E-state index >= 15 is 0 Å². The van der Waals surface area contributed by atoms with Gasteiger partial charge in [0.2, 0.25) is 5.91 Å². The fourth-order valence-corrected chi connectivity index (χ4v) is 2.82. The Labute approximate surface area is 115 Å².